The first-order valence-electron chi connectivity index (χ1n) is 9.08. The van der Waals surface area contributed by atoms with Crippen molar-refractivity contribution in [2.75, 3.05) is 5.75 Å². The summed E-state index contributed by atoms with van der Waals surface area (Å²) in [6, 6.07) is 8.97. The van der Waals surface area contributed by atoms with Crippen LogP contribution in [0.4, 0.5) is 13.2 Å². The second-order valence-corrected chi connectivity index (χ2v) is 8.94. The molecule has 3 aromatic rings. The van der Waals surface area contributed by atoms with Crippen molar-refractivity contribution in [2.24, 2.45) is 7.05 Å². The van der Waals surface area contributed by atoms with Gasteiger partial charge in [-0.1, -0.05) is 23.7 Å². The minimum absolute atomic E-state index is 0.157. The first-order valence-corrected chi connectivity index (χ1v) is 10.5. The van der Waals surface area contributed by atoms with Crippen LogP contribution < -0.4 is 0 Å². The number of rotatable bonds is 4. The molecule has 9 heteroatoms. The molecule has 1 unspecified atom stereocenters. The van der Waals surface area contributed by atoms with Gasteiger partial charge in [0, 0.05) is 29.5 Å². The molecule has 2 aromatic heterocycles. The Labute approximate surface area is 168 Å². The van der Waals surface area contributed by atoms with E-state index in [0.29, 0.717) is 22.8 Å². The van der Waals surface area contributed by atoms with E-state index in [-0.39, 0.29) is 5.52 Å². The third-order valence-electron chi connectivity index (χ3n) is 5.33. The number of imidazole rings is 1. The highest BCUT2D eigenvalue weighted by Gasteiger charge is 2.45. The largest absolute Gasteiger partial charge is 0.417 e. The van der Waals surface area contributed by atoms with Crippen molar-refractivity contribution in [1.82, 2.24) is 14.5 Å². The standard InChI is InChI=1S/C20H18F3N5S/c1-3-29(25)16-9-12(19(11-24)6-7-19)4-5-14(16)17-27-15-8-13(20(21,22)23)10-26-18(15)28(17)2/h4-5,8-10,25H,3,6-7H2,1-2H3. The Kier molecular flexibility index (Phi) is 4.50. The fourth-order valence-electron chi connectivity index (χ4n) is 3.43. The molecule has 0 amide bonds. The molecule has 150 valence electrons. The molecule has 1 N–H and O–H groups in total. The maximum Gasteiger partial charge on any atom is 0.417 e. The highest BCUT2D eigenvalue weighted by atomic mass is 32.2. The molecule has 29 heavy (non-hydrogen) atoms. The number of benzene rings is 1. The summed E-state index contributed by atoms with van der Waals surface area (Å²) in [4.78, 5) is 9.13. The molecule has 4 rings (SSSR count). The van der Waals surface area contributed by atoms with Crippen LogP contribution in [0, 0.1) is 16.1 Å². The van der Waals surface area contributed by atoms with Crippen molar-refractivity contribution in [2.45, 2.75) is 36.3 Å². The fraction of sp³-hybridized carbons (Fsp3) is 0.350. The minimum atomic E-state index is -4.49. The van der Waals surface area contributed by atoms with Crippen LogP contribution >= 0.6 is 0 Å². The van der Waals surface area contributed by atoms with Gasteiger partial charge in [0.25, 0.3) is 0 Å². The van der Waals surface area contributed by atoms with E-state index < -0.39 is 27.8 Å². The molecular weight excluding hydrogens is 399 g/mol. The van der Waals surface area contributed by atoms with Crippen molar-refractivity contribution in [1.29, 1.82) is 10.0 Å². The Morgan fingerprint density at radius 1 is 1.31 bits per heavy atom. The number of nitrogens with zero attached hydrogens (tertiary/aromatic N) is 4. The van der Waals surface area contributed by atoms with Crippen LogP contribution in [-0.2, 0) is 29.3 Å². The smallest absolute Gasteiger partial charge is 0.312 e. The number of aryl methyl sites for hydroxylation is 1. The SMILES string of the molecule is CCS(=N)c1cc(C2(C#N)CC2)ccc1-c1nc2cc(C(F)(F)F)cnc2n1C. The zero-order chi connectivity index (χ0) is 21.0. The van der Waals surface area contributed by atoms with Crippen LogP contribution in [-0.4, -0.2) is 20.3 Å². The van der Waals surface area contributed by atoms with Crippen LogP contribution in [0.3, 0.4) is 0 Å². The van der Waals surface area contributed by atoms with Crippen molar-refractivity contribution < 1.29 is 13.2 Å². The molecule has 2 heterocycles. The summed E-state index contributed by atoms with van der Waals surface area (Å²) in [5, 5.41) is 9.50. The molecule has 5 nitrogen and oxygen atoms in total. The normalized spacial score (nSPS) is 16.6. The first kappa shape index (κ1) is 19.6. The predicted octanol–water partition coefficient (Wildman–Crippen LogP) is 4.97. The van der Waals surface area contributed by atoms with E-state index in [1.54, 1.807) is 11.6 Å². The highest BCUT2D eigenvalue weighted by Crippen LogP contribution is 2.48. The number of hydrogen-bond acceptors (Lipinski definition) is 4. The summed E-state index contributed by atoms with van der Waals surface area (Å²) < 4.78 is 49.2. The number of pyridine rings is 1. The molecule has 1 aliphatic carbocycles. The van der Waals surface area contributed by atoms with Gasteiger partial charge in [0.05, 0.1) is 17.0 Å². The van der Waals surface area contributed by atoms with E-state index in [1.165, 1.54) is 0 Å². The molecule has 0 spiro atoms. The summed E-state index contributed by atoms with van der Waals surface area (Å²) in [5.74, 6) is 1.06. The number of fused-ring (bicyclic) bond motifs is 1. The lowest BCUT2D eigenvalue weighted by atomic mass is 9.96. The molecule has 1 aliphatic rings. The Hall–Kier alpha value is -2.73. The molecule has 0 radical (unpaired) electrons. The Balaban J connectivity index is 1.90. The van der Waals surface area contributed by atoms with Crippen molar-refractivity contribution >= 4 is 21.9 Å². The number of nitriles is 1. The van der Waals surface area contributed by atoms with Gasteiger partial charge in [0.2, 0.25) is 0 Å². The summed E-state index contributed by atoms with van der Waals surface area (Å²) in [5.41, 5.74) is 0.777. The second-order valence-electron chi connectivity index (χ2n) is 7.14. The van der Waals surface area contributed by atoms with E-state index in [1.807, 2.05) is 25.1 Å². The lowest BCUT2D eigenvalue weighted by molar-refractivity contribution is -0.137. The average molecular weight is 417 g/mol. The van der Waals surface area contributed by atoms with Gasteiger partial charge >= 0.3 is 6.18 Å². The van der Waals surface area contributed by atoms with E-state index in [0.717, 1.165) is 35.6 Å². The van der Waals surface area contributed by atoms with E-state index >= 15 is 0 Å². The topological polar surface area (TPSA) is 78.3 Å². The number of nitrogens with one attached hydrogen (secondary N) is 1. The van der Waals surface area contributed by atoms with E-state index in [4.69, 9.17) is 4.78 Å². The maximum absolute atomic E-state index is 13.0. The Morgan fingerprint density at radius 3 is 2.62 bits per heavy atom. The lowest BCUT2D eigenvalue weighted by Gasteiger charge is -2.14. The third kappa shape index (κ3) is 3.21. The molecular formula is C20H18F3N5S. The van der Waals surface area contributed by atoms with Gasteiger partial charge in [-0.2, -0.15) is 18.4 Å². The Bertz CT molecular complexity index is 1190. The van der Waals surface area contributed by atoms with Crippen molar-refractivity contribution in [3.8, 4) is 17.5 Å². The number of hydrogen-bond donors (Lipinski definition) is 1. The highest BCUT2D eigenvalue weighted by molar-refractivity contribution is 7.86. The molecule has 1 aromatic carbocycles. The van der Waals surface area contributed by atoms with Crippen LogP contribution in [0.2, 0.25) is 0 Å². The van der Waals surface area contributed by atoms with E-state index in [9.17, 15) is 18.4 Å². The summed E-state index contributed by atoms with van der Waals surface area (Å²) >= 11 is 0. The molecule has 0 bridgehead atoms. The number of alkyl halides is 3. The maximum atomic E-state index is 13.0. The lowest BCUT2D eigenvalue weighted by Crippen LogP contribution is -2.06. The number of halogens is 3. The fourth-order valence-corrected chi connectivity index (χ4v) is 4.43. The quantitative estimate of drug-likeness (QED) is 0.651. The predicted molar refractivity (Wildman–Crippen MR) is 104 cm³/mol. The van der Waals surface area contributed by atoms with Crippen molar-refractivity contribution in [3.63, 3.8) is 0 Å². The van der Waals surface area contributed by atoms with Gasteiger partial charge in [-0.3, -0.25) is 4.78 Å². The third-order valence-corrected chi connectivity index (χ3v) is 6.78. The van der Waals surface area contributed by atoms with E-state index in [2.05, 4.69) is 16.0 Å². The van der Waals surface area contributed by atoms with Crippen LogP contribution in [0.25, 0.3) is 22.6 Å². The summed E-state index contributed by atoms with van der Waals surface area (Å²) in [6.07, 6.45) is -2.08. The minimum Gasteiger partial charge on any atom is -0.312 e. The summed E-state index contributed by atoms with van der Waals surface area (Å²) in [6.45, 7) is 1.91. The monoisotopic (exact) mass is 417 g/mol. The Morgan fingerprint density at radius 2 is 2.03 bits per heavy atom. The zero-order valence-corrected chi connectivity index (χ0v) is 16.7. The molecule has 1 fully saturated rings. The van der Waals surface area contributed by atoms with Crippen molar-refractivity contribution in [3.05, 3.63) is 41.6 Å². The van der Waals surface area contributed by atoms with Gasteiger partial charge in [-0.15, -0.1) is 0 Å². The molecule has 1 saturated carbocycles. The first-order chi connectivity index (χ1) is 13.7. The van der Waals surface area contributed by atoms with Gasteiger partial charge in [0.15, 0.2) is 5.65 Å². The summed E-state index contributed by atoms with van der Waals surface area (Å²) in [7, 11) is 0.869. The molecule has 1 atom stereocenters. The second kappa shape index (κ2) is 6.66. The molecule has 0 aliphatic heterocycles. The van der Waals surface area contributed by atoms with Crippen LogP contribution in [0.1, 0.15) is 30.9 Å². The van der Waals surface area contributed by atoms with Gasteiger partial charge in [0.1, 0.15) is 11.3 Å². The van der Waals surface area contributed by atoms with Gasteiger partial charge < -0.3 is 4.57 Å². The number of aromatic nitrogens is 3. The molecule has 0 saturated heterocycles. The van der Waals surface area contributed by atoms with Crippen LogP contribution in [0.5, 0.6) is 0 Å². The van der Waals surface area contributed by atoms with Gasteiger partial charge in [-0.05, 0) is 36.6 Å². The average Bonchev–Trinajstić information content (AvgIpc) is 3.44. The van der Waals surface area contributed by atoms with Gasteiger partial charge in [-0.25, -0.2) is 9.97 Å². The zero-order valence-electron chi connectivity index (χ0n) is 15.8. The van der Waals surface area contributed by atoms with Crippen LogP contribution in [0.15, 0.2) is 35.4 Å².